The van der Waals surface area contributed by atoms with Crippen LogP contribution in [-0.4, -0.2) is 17.9 Å². The fourth-order valence-electron chi connectivity index (χ4n) is 1.34. The lowest BCUT2D eigenvalue weighted by atomic mass is 10.2. The molecular formula is C14H19NO. The zero-order valence-corrected chi connectivity index (χ0v) is 10.2. The molecule has 0 unspecified atom stereocenters. The second kappa shape index (κ2) is 6.11. The first-order chi connectivity index (χ1) is 7.59. The van der Waals surface area contributed by atoms with Crippen molar-refractivity contribution in [2.24, 2.45) is 5.92 Å². The molecule has 0 spiro atoms. The lowest BCUT2D eigenvalue weighted by molar-refractivity contribution is -0.125. The van der Waals surface area contributed by atoms with Crippen molar-refractivity contribution in [2.75, 3.05) is 7.05 Å². The Labute approximate surface area is 97.6 Å². The Bertz CT molecular complexity index is 354. The number of nitrogens with zero attached hydrogens (tertiary/aromatic N) is 1. The van der Waals surface area contributed by atoms with Gasteiger partial charge < -0.3 is 4.90 Å². The highest BCUT2D eigenvalue weighted by molar-refractivity contribution is 5.87. The van der Waals surface area contributed by atoms with Gasteiger partial charge in [0.25, 0.3) is 0 Å². The van der Waals surface area contributed by atoms with E-state index in [9.17, 15) is 4.79 Å². The molecule has 0 aliphatic rings. The summed E-state index contributed by atoms with van der Waals surface area (Å²) in [5, 5.41) is 0. The number of carbonyl (C=O) groups excluding carboxylic acids is 1. The van der Waals surface area contributed by atoms with Gasteiger partial charge in [-0.1, -0.05) is 50.3 Å². The molecule has 0 bridgehead atoms. The molecule has 0 aliphatic heterocycles. The maximum Gasteiger partial charge on any atom is 0.246 e. The minimum absolute atomic E-state index is 0.0533. The number of carbonyl (C=O) groups is 1. The van der Waals surface area contributed by atoms with E-state index < -0.39 is 0 Å². The van der Waals surface area contributed by atoms with E-state index >= 15 is 0 Å². The lowest BCUT2D eigenvalue weighted by Crippen LogP contribution is -2.24. The van der Waals surface area contributed by atoms with Gasteiger partial charge in [-0.2, -0.15) is 0 Å². The van der Waals surface area contributed by atoms with Crippen LogP contribution in [0.2, 0.25) is 0 Å². The van der Waals surface area contributed by atoms with Gasteiger partial charge in [-0.15, -0.1) is 0 Å². The topological polar surface area (TPSA) is 20.3 Å². The van der Waals surface area contributed by atoms with Crippen molar-refractivity contribution in [1.82, 2.24) is 4.90 Å². The quantitative estimate of drug-likeness (QED) is 0.710. The molecule has 16 heavy (non-hydrogen) atoms. The minimum Gasteiger partial charge on any atom is -0.338 e. The third-order valence-corrected chi connectivity index (χ3v) is 2.26. The molecule has 2 nitrogen and oxygen atoms in total. The number of allylic oxidation sites excluding steroid dienone is 1. The van der Waals surface area contributed by atoms with Crippen LogP contribution in [0.1, 0.15) is 19.4 Å². The normalized spacial score (nSPS) is 11.0. The highest BCUT2D eigenvalue weighted by Gasteiger charge is 2.05. The summed E-state index contributed by atoms with van der Waals surface area (Å²) in [6, 6.07) is 9.99. The monoisotopic (exact) mass is 217 g/mol. The molecule has 1 aromatic rings. The van der Waals surface area contributed by atoms with Crippen molar-refractivity contribution in [2.45, 2.75) is 20.4 Å². The van der Waals surface area contributed by atoms with Gasteiger partial charge in [-0.05, 0) is 17.6 Å². The summed E-state index contributed by atoms with van der Waals surface area (Å²) < 4.78 is 0. The molecule has 1 amide bonds. The van der Waals surface area contributed by atoms with Crippen LogP contribution in [-0.2, 0) is 11.3 Å². The van der Waals surface area contributed by atoms with Crippen LogP contribution in [0.25, 0.3) is 0 Å². The molecular weight excluding hydrogens is 198 g/mol. The maximum atomic E-state index is 11.7. The van der Waals surface area contributed by atoms with E-state index in [0.717, 1.165) is 5.56 Å². The van der Waals surface area contributed by atoms with Crippen LogP contribution >= 0.6 is 0 Å². The summed E-state index contributed by atoms with van der Waals surface area (Å²) in [5.74, 6) is 0.464. The van der Waals surface area contributed by atoms with Crippen LogP contribution in [0.5, 0.6) is 0 Å². The van der Waals surface area contributed by atoms with Gasteiger partial charge in [0.1, 0.15) is 0 Å². The van der Waals surface area contributed by atoms with Crippen molar-refractivity contribution in [3.05, 3.63) is 48.0 Å². The highest BCUT2D eigenvalue weighted by Crippen LogP contribution is 2.03. The Balaban J connectivity index is 2.53. The number of rotatable bonds is 4. The Morgan fingerprint density at radius 1 is 1.31 bits per heavy atom. The summed E-state index contributed by atoms with van der Waals surface area (Å²) in [6.07, 6.45) is 3.57. The zero-order valence-electron chi connectivity index (χ0n) is 10.2. The van der Waals surface area contributed by atoms with E-state index in [-0.39, 0.29) is 5.91 Å². The number of amides is 1. The summed E-state index contributed by atoms with van der Waals surface area (Å²) in [5.41, 5.74) is 1.15. The van der Waals surface area contributed by atoms with E-state index in [1.165, 1.54) is 0 Å². The summed E-state index contributed by atoms with van der Waals surface area (Å²) in [6.45, 7) is 4.77. The van der Waals surface area contributed by atoms with Gasteiger partial charge in [0, 0.05) is 13.6 Å². The van der Waals surface area contributed by atoms with Crippen molar-refractivity contribution >= 4 is 5.91 Å². The molecule has 0 atom stereocenters. The van der Waals surface area contributed by atoms with Crippen LogP contribution < -0.4 is 0 Å². The first-order valence-electron chi connectivity index (χ1n) is 5.57. The van der Waals surface area contributed by atoms with Crippen LogP contribution in [0.15, 0.2) is 42.5 Å². The van der Waals surface area contributed by atoms with E-state index in [0.29, 0.717) is 12.5 Å². The molecule has 0 heterocycles. The Kier molecular flexibility index (Phi) is 4.77. The molecule has 2 heteroatoms. The fourth-order valence-corrected chi connectivity index (χ4v) is 1.34. The van der Waals surface area contributed by atoms with Gasteiger partial charge in [0.05, 0.1) is 0 Å². The molecule has 0 aromatic heterocycles. The van der Waals surface area contributed by atoms with Crippen LogP contribution in [0.3, 0.4) is 0 Å². The molecule has 0 saturated heterocycles. The second-order valence-electron chi connectivity index (χ2n) is 4.28. The van der Waals surface area contributed by atoms with E-state index in [1.807, 2.05) is 43.5 Å². The predicted octanol–water partition coefficient (Wildman–Crippen LogP) is 2.86. The number of hydrogen-bond donors (Lipinski definition) is 0. The average Bonchev–Trinajstić information content (AvgIpc) is 2.27. The molecule has 0 fully saturated rings. The Morgan fingerprint density at radius 3 is 2.50 bits per heavy atom. The molecule has 0 radical (unpaired) electrons. The third kappa shape index (κ3) is 4.30. The second-order valence-corrected chi connectivity index (χ2v) is 4.28. The van der Waals surface area contributed by atoms with E-state index in [1.54, 1.807) is 11.0 Å². The third-order valence-electron chi connectivity index (χ3n) is 2.26. The number of likely N-dealkylation sites (N-methyl/N-ethyl adjacent to an activating group) is 1. The number of benzene rings is 1. The molecule has 0 aliphatic carbocycles. The van der Waals surface area contributed by atoms with Gasteiger partial charge in [-0.25, -0.2) is 0 Å². The lowest BCUT2D eigenvalue weighted by Gasteiger charge is -2.15. The fraction of sp³-hybridized carbons (Fsp3) is 0.357. The zero-order chi connectivity index (χ0) is 12.0. The van der Waals surface area contributed by atoms with Crippen molar-refractivity contribution in [3.63, 3.8) is 0 Å². The highest BCUT2D eigenvalue weighted by atomic mass is 16.2. The molecule has 86 valence electrons. The van der Waals surface area contributed by atoms with E-state index in [4.69, 9.17) is 0 Å². The first-order valence-corrected chi connectivity index (χ1v) is 5.57. The largest absolute Gasteiger partial charge is 0.338 e. The average molecular weight is 217 g/mol. The van der Waals surface area contributed by atoms with Crippen LogP contribution in [0.4, 0.5) is 0 Å². The summed E-state index contributed by atoms with van der Waals surface area (Å²) in [7, 11) is 1.82. The Hall–Kier alpha value is -1.57. The molecule has 0 N–H and O–H groups in total. The smallest absolute Gasteiger partial charge is 0.246 e. The van der Waals surface area contributed by atoms with Gasteiger partial charge in [0.15, 0.2) is 0 Å². The SMILES string of the molecule is CC(C)/C=C/C(=O)N(C)Cc1ccccc1. The van der Waals surface area contributed by atoms with Crippen molar-refractivity contribution in [1.29, 1.82) is 0 Å². The Morgan fingerprint density at radius 2 is 1.94 bits per heavy atom. The van der Waals surface area contributed by atoms with Gasteiger partial charge in [-0.3, -0.25) is 4.79 Å². The number of hydrogen-bond acceptors (Lipinski definition) is 1. The minimum atomic E-state index is 0.0533. The van der Waals surface area contributed by atoms with Gasteiger partial charge in [0.2, 0.25) is 5.91 Å². The van der Waals surface area contributed by atoms with Crippen molar-refractivity contribution in [3.8, 4) is 0 Å². The molecule has 1 rings (SSSR count). The predicted molar refractivity (Wildman–Crippen MR) is 66.9 cm³/mol. The summed E-state index contributed by atoms with van der Waals surface area (Å²) in [4.78, 5) is 13.4. The van der Waals surface area contributed by atoms with Crippen molar-refractivity contribution < 1.29 is 4.79 Å². The van der Waals surface area contributed by atoms with E-state index in [2.05, 4.69) is 13.8 Å². The van der Waals surface area contributed by atoms with Crippen LogP contribution in [0, 0.1) is 5.92 Å². The molecule has 1 aromatic carbocycles. The van der Waals surface area contributed by atoms with Gasteiger partial charge >= 0.3 is 0 Å². The maximum absolute atomic E-state index is 11.7. The standard InChI is InChI=1S/C14H19NO/c1-12(2)9-10-14(16)15(3)11-13-7-5-4-6-8-13/h4-10,12H,11H2,1-3H3/b10-9+. The summed E-state index contributed by atoms with van der Waals surface area (Å²) >= 11 is 0. The first kappa shape index (κ1) is 12.5. The molecule has 0 saturated carbocycles.